The molecule has 0 amide bonds. The quantitative estimate of drug-likeness (QED) is 0.869. The average molecular weight is 253 g/mol. The zero-order chi connectivity index (χ0) is 12.5. The molecule has 1 aliphatic heterocycles. The molecule has 94 valence electrons. The van der Waals surface area contributed by atoms with Gasteiger partial charge in [-0.05, 0) is 58.0 Å². The topological polar surface area (TPSA) is 15.3 Å². The van der Waals surface area contributed by atoms with Crippen LogP contribution in [-0.2, 0) is 0 Å². The van der Waals surface area contributed by atoms with Crippen LogP contribution >= 0.6 is 11.6 Å². The summed E-state index contributed by atoms with van der Waals surface area (Å²) in [7, 11) is 2.04. The van der Waals surface area contributed by atoms with Crippen LogP contribution in [0.4, 0.5) is 5.69 Å². The smallest absolute Gasteiger partial charge is 0.0407 e. The number of nitrogens with zero attached hydrogens (tertiary/aromatic N) is 1. The van der Waals surface area contributed by atoms with E-state index in [-0.39, 0.29) is 5.54 Å². The van der Waals surface area contributed by atoms with Crippen molar-refractivity contribution in [2.24, 2.45) is 0 Å². The molecule has 0 aliphatic carbocycles. The number of hydrogen-bond donors (Lipinski definition) is 1. The van der Waals surface area contributed by atoms with E-state index in [1.165, 1.54) is 18.5 Å². The molecule has 1 fully saturated rings. The van der Waals surface area contributed by atoms with Gasteiger partial charge < -0.3 is 10.2 Å². The van der Waals surface area contributed by atoms with Crippen LogP contribution in [0.3, 0.4) is 0 Å². The molecule has 1 aliphatic rings. The molecule has 0 saturated carbocycles. The number of anilines is 1. The lowest BCUT2D eigenvalue weighted by molar-refractivity contribution is 0.313. The molecule has 1 saturated heterocycles. The largest absolute Gasteiger partial charge is 0.365 e. The Labute approximate surface area is 109 Å². The van der Waals surface area contributed by atoms with Crippen molar-refractivity contribution < 1.29 is 0 Å². The second-order valence-electron chi connectivity index (χ2n) is 5.42. The number of halogens is 1. The molecule has 2 rings (SSSR count). The number of rotatable bonds is 2. The van der Waals surface area contributed by atoms with Crippen LogP contribution in [0.25, 0.3) is 0 Å². The summed E-state index contributed by atoms with van der Waals surface area (Å²) in [5, 5.41) is 4.18. The minimum absolute atomic E-state index is 0.223. The van der Waals surface area contributed by atoms with Crippen LogP contribution < -0.4 is 10.2 Å². The van der Waals surface area contributed by atoms with E-state index in [0.29, 0.717) is 6.04 Å². The summed E-state index contributed by atoms with van der Waals surface area (Å²) >= 11 is 5.95. The molecule has 1 atom stereocenters. The molecule has 0 bridgehead atoms. The molecular formula is C14H21ClN2. The molecule has 0 spiro atoms. The van der Waals surface area contributed by atoms with Gasteiger partial charge in [0.15, 0.2) is 0 Å². The van der Waals surface area contributed by atoms with Crippen molar-refractivity contribution in [3.05, 3.63) is 29.3 Å². The van der Waals surface area contributed by atoms with Gasteiger partial charge >= 0.3 is 0 Å². The van der Waals surface area contributed by atoms with Crippen LogP contribution in [0.2, 0.25) is 5.02 Å². The highest BCUT2D eigenvalue weighted by atomic mass is 35.5. The molecule has 1 unspecified atom stereocenters. The number of benzene rings is 1. The van der Waals surface area contributed by atoms with E-state index >= 15 is 0 Å². The lowest BCUT2D eigenvalue weighted by atomic mass is 9.87. The number of hydrogen-bond acceptors (Lipinski definition) is 2. The monoisotopic (exact) mass is 252 g/mol. The summed E-state index contributed by atoms with van der Waals surface area (Å²) in [6.45, 7) is 5.69. The number of piperidine rings is 1. The van der Waals surface area contributed by atoms with Crippen LogP contribution in [0, 0.1) is 0 Å². The fourth-order valence-corrected chi connectivity index (χ4v) is 2.66. The van der Waals surface area contributed by atoms with Crippen molar-refractivity contribution in [3.8, 4) is 0 Å². The van der Waals surface area contributed by atoms with Crippen LogP contribution in [0.1, 0.15) is 26.7 Å². The third-order valence-corrected chi connectivity index (χ3v) is 4.04. The van der Waals surface area contributed by atoms with Gasteiger partial charge in [0, 0.05) is 28.8 Å². The molecule has 0 aromatic heterocycles. The third kappa shape index (κ3) is 2.75. The van der Waals surface area contributed by atoms with Crippen molar-refractivity contribution in [1.82, 2.24) is 5.32 Å². The third-order valence-electron chi connectivity index (χ3n) is 3.78. The van der Waals surface area contributed by atoms with Gasteiger partial charge in [-0.2, -0.15) is 0 Å². The van der Waals surface area contributed by atoms with Crippen molar-refractivity contribution in [2.75, 3.05) is 18.5 Å². The maximum absolute atomic E-state index is 5.95. The minimum atomic E-state index is 0.223. The minimum Gasteiger partial charge on any atom is -0.365 e. The first-order chi connectivity index (χ1) is 8.03. The second kappa shape index (κ2) is 4.87. The van der Waals surface area contributed by atoms with Gasteiger partial charge in [0.2, 0.25) is 0 Å². The first-order valence-corrected chi connectivity index (χ1v) is 6.61. The van der Waals surface area contributed by atoms with E-state index in [2.05, 4.69) is 36.2 Å². The van der Waals surface area contributed by atoms with Crippen molar-refractivity contribution in [2.45, 2.75) is 38.3 Å². The van der Waals surface area contributed by atoms with Crippen LogP contribution in [-0.4, -0.2) is 25.2 Å². The molecule has 17 heavy (non-hydrogen) atoms. The number of likely N-dealkylation sites (N-methyl/N-ethyl adjacent to an activating group) is 1. The summed E-state index contributed by atoms with van der Waals surface area (Å²) in [6, 6.07) is 8.74. The summed E-state index contributed by atoms with van der Waals surface area (Å²) < 4.78 is 0. The summed E-state index contributed by atoms with van der Waals surface area (Å²) in [5.74, 6) is 0. The first kappa shape index (κ1) is 12.7. The fraction of sp³-hybridized carbons (Fsp3) is 0.571. The van der Waals surface area contributed by atoms with Gasteiger partial charge in [0.1, 0.15) is 0 Å². The van der Waals surface area contributed by atoms with Gasteiger partial charge in [0.05, 0.1) is 0 Å². The van der Waals surface area contributed by atoms with E-state index in [1.54, 1.807) is 0 Å². The summed E-state index contributed by atoms with van der Waals surface area (Å²) in [4.78, 5) is 2.48. The van der Waals surface area contributed by atoms with E-state index in [4.69, 9.17) is 11.6 Å². The summed E-state index contributed by atoms with van der Waals surface area (Å²) in [6.07, 6.45) is 2.45. The highest BCUT2D eigenvalue weighted by molar-refractivity contribution is 6.30. The Morgan fingerprint density at radius 1 is 1.29 bits per heavy atom. The predicted octanol–water partition coefficient (Wildman–Crippen LogP) is 3.31. The Morgan fingerprint density at radius 2 is 1.94 bits per heavy atom. The van der Waals surface area contributed by atoms with E-state index in [0.717, 1.165) is 11.6 Å². The Balaban J connectivity index is 2.23. The van der Waals surface area contributed by atoms with E-state index < -0.39 is 0 Å². The van der Waals surface area contributed by atoms with Gasteiger partial charge in [-0.3, -0.25) is 0 Å². The Hall–Kier alpha value is -0.730. The molecule has 2 nitrogen and oxygen atoms in total. The highest BCUT2D eigenvalue weighted by Crippen LogP contribution is 2.32. The summed E-state index contributed by atoms with van der Waals surface area (Å²) in [5.41, 5.74) is 1.49. The second-order valence-corrected chi connectivity index (χ2v) is 5.86. The zero-order valence-corrected chi connectivity index (χ0v) is 11.6. The predicted molar refractivity (Wildman–Crippen MR) is 75.0 cm³/mol. The molecule has 1 aromatic carbocycles. The molecule has 3 heteroatoms. The lowest BCUT2D eigenvalue weighted by Crippen LogP contribution is -2.55. The van der Waals surface area contributed by atoms with Gasteiger partial charge in [-0.25, -0.2) is 0 Å². The maximum Gasteiger partial charge on any atom is 0.0407 e. The lowest BCUT2D eigenvalue weighted by Gasteiger charge is -2.47. The van der Waals surface area contributed by atoms with Crippen molar-refractivity contribution >= 4 is 17.3 Å². The van der Waals surface area contributed by atoms with Crippen molar-refractivity contribution in [1.29, 1.82) is 0 Å². The van der Waals surface area contributed by atoms with Gasteiger partial charge in [0.25, 0.3) is 0 Å². The number of nitrogens with one attached hydrogen (secondary N) is 1. The van der Waals surface area contributed by atoms with E-state index in [1.807, 2.05) is 19.2 Å². The Morgan fingerprint density at radius 3 is 2.53 bits per heavy atom. The molecule has 1 aromatic rings. The SMILES string of the molecule is CNC1CCC(C)(C)N(c2ccc(Cl)cc2)C1. The fourth-order valence-electron chi connectivity index (χ4n) is 2.53. The van der Waals surface area contributed by atoms with Crippen molar-refractivity contribution in [3.63, 3.8) is 0 Å². The molecule has 0 radical (unpaired) electrons. The van der Waals surface area contributed by atoms with Crippen LogP contribution in [0.15, 0.2) is 24.3 Å². The Kier molecular flexibility index (Phi) is 3.64. The molecule has 1 N–H and O–H groups in total. The van der Waals surface area contributed by atoms with Gasteiger partial charge in [-0.15, -0.1) is 0 Å². The zero-order valence-electron chi connectivity index (χ0n) is 10.8. The van der Waals surface area contributed by atoms with Gasteiger partial charge in [-0.1, -0.05) is 11.6 Å². The van der Waals surface area contributed by atoms with E-state index in [9.17, 15) is 0 Å². The highest BCUT2D eigenvalue weighted by Gasteiger charge is 2.33. The Bertz CT molecular complexity index is 372. The maximum atomic E-state index is 5.95. The molecule has 1 heterocycles. The van der Waals surface area contributed by atoms with Crippen LogP contribution in [0.5, 0.6) is 0 Å². The first-order valence-electron chi connectivity index (χ1n) is 6.23. The average Bonchev–Trinajstić information content (AvgIpc) is 2.30. The molecular weight excluding hydrogens is 232 g/mol. The standard InChI is InChI=1S/C14H21ClN2/c1-14(2)9-8-12(16-3)10-17(14)13-6-4-11(15)5-7-13/h4-7,12,16H,8-10H2,1-3H3. The normalized spacial score (nSPS) is 23.8.